The SMILES string of the molecule is CCN1CCCC1CN(C)C(CN)c1ccc(OC)cc1. The second-order valence-corrected chi connectivity index (χ2v) is 5.89. The van der Waals surface area contributed by atoms with E-state index in [2.05, 4.69) is 35.9 Å². The van der Waals surface area contributed by atoms with E-state index in [9.17, 15) is 0 Å². The van der Waals surface area contributed by atoms with Gasteiger partial charge in [-0.25, -0.2) is 0 Å². The van der Waals surface area contributed by atoms with E-state index in [4.69, 9.17) is 10.5 Å². The van der Waals surface area contributed by atoms with Gasteiger partial charge in [-0.05, 0) is 50.7 Å². The fraction of sp³-hybridized carbons (Fsp3) is 0.647. The number of benzene rings is 1. The normalized spacial score (nSPS) is 20.9. The van der Waals surface area contributed by atoms with Crippen LogP contribution in [0.3, 0.4) is 0 Å². The molecule has 0 saturated carbocycles. The summed E-state index contributed by atoms with van der Waals surface area (Å²) in [6, 6.07) is 9.22. The lowest BCUT2D eigenvalue weighted by molar-refractivity contribution is 0.166. The van der Waals surface area contributed by atoms with E-state index in [0.717, 1.165) is 18.8 Å². The molecule has 1 aromatic rings. The third-order valence-corrected chi connectivity index (χ3v) is 4.66. The van der Waals surface area contributed by atoms with Crippen molar-refractivity contribution in [3.8, 4) is 5.75 Å². The van der Waals surface area contributed by atoms with Crippen molar-refractivity contribution < 1.29 is 4.74 Å². The van der Waals surface area contributed by atoms with Crippen molar-refractivity contribution in [3.05, 3.63) is 29.8 Å². The molecular formula is C17H29N3O. The largest absolute Gasteiger partial charge is 0.497 e. The maximum absolute atomic E-state index is 6.03. The highest BCUT2D eigenvalue weighted by Crippen LogP contribution is 2.24. The first-order chi connectivity index (χ1) is 10.2. The van der Waals surface area contributed by atoms with Gasteiger partial charge in [-0.15, -0.1) is 0 Å². The Labute approximate surface area is 128 Å². The predicted octanol–water partition coefficient (Wildman–Crippen LogP) is 2.11. The molecule has 1 saturated heterocycles. The first-order valence-electron chi connectivity index (χ1n) is 7.97. The molecule has 0 aliphatic carbocycles. The Morgan fingerprint density at radius 2 is 2.10 bits per heavy atom. The average molecular weight is 291 g/mol. The maximum atomic E-state index is 6.03. The average Bonchev–Trinajstić information content (AvgIpc) is 2.96. The summed E-state index contributed by atoms with van der Waals surface area (Å²) in [6.07, 6.45) is 2.63. The van der Waals surface area contributed by atoms with Crippen LogP contribution in [0.5, 0.6) is 5.75 Å². The fourth-order valence-electron chi connectivity index (χ4n) is 3.37. The quantitative estimate of drug-likeness (QED) is 0.835. The van der Waals surface area contributed by atoms with Crippen LogP contribution in [-0.2, 0) is 0 Å². The molecule has 1 aliphatic rings. The Morgan fingerprint density at radius 3 is 2.67 bits per heavy atom. The lowest BCUT2D eigenvalue weighted by Crippen LogP contribution is -2.41. The summed E-state index contributed by atoms with van der Waals surface area (Å²) in [7, 11) is 3.88. The molecule has 4 nitrogen and oxygen atoms in total. The molecule has 21 heavy (non-hydrogen) atoms. The number of methoxy groups -OCH3 is 1. The Balaban J connectivity index is 2.01. The highest BCUT2D eigenvalue weighted by molar-refractivity contribution is 5.29. The summed E-state index contributed by atoms with van der Waals surface area (Å²) < 4.78 is 5.23. The molecular weight excluding hydrogens is 262 g/mol. The van der Waals surface area contributed by atoms with Crippen LogP contribution in [0.2, 0.25) is 0 Å². The zero-order valence-corrected chi connectivity index (χ0v) is 13.6. The Hall–Kier alpha value is -1.10. The number of ether oxygens (including phenoxy) is 1. The summed E-state index contributed by atoms with van der Waals surface area (Å²) in [5, 5.41) is 0. The Morgan fingerprint density at radius 1 is 1.38 bits per heavy atom. The molecule has 4 heteroatoms. The highest BCUT2D eigenvalue weighted by atomic mass is 16.5. The molecule has 0 spiro atoms. The minimum absolute atomic E-state index is 0.273. The van der Waals surface area contributed by atoms with Gasteiger partial charge in [-0.3, -0.25) is 9.80 Å². The first-order valence-corrected chi connectivity index (χ1v) is 7.97. The topological polar surface area (TPSA) is 41.7 Å². The third-order valence-electron chi connectivity index (χ3n) is 4.66. The van der Waals surface area contributed by atoms with Crippen LogP contribution in [0.4, 0.5) is 0 Å². The first kappa shape index (κ1) is 16.3. The van der Waals surface area contributed by atoms with Gasteiger partial charge >= 0.3 is 0 Å². The monoisotopic (exact) mass is 291 g/mol. The molecule has 2 rings (SSSR count). The van der Waals surface area contributed by atoms with Crippen LogP contribution in [0.1, 0.15) is 31.4 Å². The van der Waals surface area contributed by atoms with Crippen molar-refractivity contribution in [1.29, 1.82) is 0 Å². The van der Waals surface area contributed by atoms with Crippen molar-refractivity contribution in [2.75, 3.05) is 40.3 Å². The van der Waals surface area contributed by atoms with E-state index < -0.39 is 0 Å². The highest BCUT2D eigenvalue weighted by Gasteiger charge is 2.26. The van der Waals surface area contributed by atoms with Crippen LogP contribution >= 0.6 is 0 Å². The van der Waals surface area contributed by atoms with Gasteiger partial charge < -0.3 is 10.5 Å². The molecule has 2 N–H and O–H groups in total. The maximum Gasteiger partial charge on any atom is 0.118 e. The smallest absolute Gasteiger partial charge is 0.118 e. The number of likely N-dealkylation sites (tertiary alicyclic amines) is 1. The molecule has 1 heterocycles. The lowest BCUT2D eigenvalue weighted by Gasteiger charge is -2.33. The minimum atomic E-state index is 0.273. The number of hydrogen-bond acceptors (Lipinski definition) is 4. The Bertz CT molecular complexity index is 421. The van der Waals surface area contributed by atoms with Crippen molar-refractivity contribution >= 4 is 0 Å². The second kappa shape index (κ2) is 7.78. The van der Waals surface area contributed by atoms with Gasteiger partial charge in [0.05, 0.1) is 7.11 Å². The predicted molar refractivity (Wildman–Crippen MR) is 87.7 cm³/mol. The van der Waals surface area contributed by atoms with Gasteiger partial charge in [0.25, 0.3) is 0 Å². The van der Waals surface area contributed by atoms with Crippen molar-refractivity contribution in [3.63, 3.8) is 0 Å². The molecule has 0 bridgehead atoms. The zero-order valence-electron chi connectivity index (χ0n) is 13.6. The van der Waals surface area contributed by atoms with E-state index in [-0.39, 0.29) is 6.04 Å². The third kappa shape index (κ3) is 3.96. The standard InChI is InChI=1S/C17H29N3O/c1-4-20-11-5-6-15(20)13-19(2)17(12-18)14-7-9-16(21-3)10-8-14/h7-10,15,17H,4-6,11-13,18H2,1-3H3. The minimum Gasteiger partial charge on any atom is -0.497 e. The zero-order chi connectivity index (χ0) is 15.2. The molecule has 1 aromatic carbocycles. The molecule has 0 radical (unpaired) electrons. The number of likely N-dealkylation sites (N-methyl/N-ethyl adjacent to an activating group) is 2. The van der Waals surface area contributed by atoms with E-state index >= 15 is 0 Å². The summed E-state index contributed by atoms with van der Waals surface area (Å²) in [4.78, 5) is 4.98. The number of rotatable bonds is 7. The number of nitrogens with two attached hydrogens (primary N) is 1. The molecule has 1 fully saturated rings. The van der Waals surface area contributed by atoms with Crippen LogP contribution < -0.4 is 10.5 Å². The molecule has 0 aromatic heterocycles. The van der Waals surface area contributed by atoms with Crippen molar-refractivity contribution in [1.82, 2.24) is 9.80 Å². The van der Waals surface area contributed by atoms with E-state index in [1.165, 1.54) is 24.9 Å². The molecule has 2 atom stereocenters. The van der Waals surface area contributed by atoms with Gasteiger partial charge in [-0.2, -0.15) is 0 Å². The van der Waals surface area contributed by atoms with Crippen LogP contribution in [0.25, 0.3) is 0 Å². The molecule has 1 aliphatic heterocycles. The van der Waals surface area contributed by atoms with Gasteiger partial charge in [0.15, 0.2) is 0 Å². The van der Waals surface area contributed by atoms with Crippen molar-refractivity contribution in [2.24, 2.45) is 5.73 Å². The number of hydrogen-bond donors (Lipinski definition) is 1. The van der Waals surface area contributed by atoms with E-state index in [0.29, 0.717) is 12.6 Å². The summed E-state index contributed by atoms with van der Waals surface area (Å²) >= 11 is 0. The Kier molecular flexibility index (Phi) is 6.03. The van der Waals surface area contributed by atoms with E-state index in [1.807, 2.05) is 12.1 Å². The van der Waals surface area contributed by atoms with Crippen LogP contribution in [-0.4, -0.2) is 56.2 Å². The van der Waals surface area contributed by atoms with Crippen molar-refractivity contribution in [2.45, 2.75) is 31.8 Å². The van der Waals surface area contributed by atoms with Crippen LogP contribution in [0, 0.1) is 0 Å². The summed E-state index contributed by atoms with van der Waals surface area (Å²) in [5.74, 6) is 0.894. The van der Waals surface area contributed by atoms with Gasteiger partial charge in [0.2, 0.25) is 0 Å². The van der Waals surface area contributed by atoms with Gasteiger partial charge in [0, 0.05) is 25.2 Å². The van der Waals surface area contributed by atoms with E-state index in [1.54, 1.807) is 7.11 Å². The van der Waals surface area contributed by atoms with Crippen LogP contribution in [0.15, 0.2) is 24.3 Å². The fourth-order valence-corrected chi connectivity index (χ4v) is 3.37. The van der Waals surface area contributed by atoms with Gasteiger partial charge in [0.1, 0.15) is 5.75 Å². The molecule has 118 valence electrons. The summed E-state index contributed by atoms with van der Waals surface area (Å²) in [6.45, 7) is 6.37. The second-order valence-electron chi connectivity index (χ2n) is 5.89. The van der Waals surface area contributed by atoms with Gasteiger partial charge in [-0.1, -0.05) is 19.1 Å². The summed E-state index contributed by atoms with van der Waals surface area (Å²) in [5.41, 5.74) is 7.30. The molecule has 2 unspecified atom stereocenters. The lowest BCUT2D eigenvalue weighted by atomic mass is 10.0. The number of nitrogens with zero attached hydrogens (tertiary/aromatic N) is 2. The molecule has 0 amide bonds.